The van der Waals surface area contributed by atoms with Crippen LogP contribution in [0.5, 0.6) is 23.0 Å². The first-order valence-corrected chi connectivity index (χ1v) is 11.5. The predicted octanol–water partition coefficient (Wildman–Crippen LogP) is 3.81. The maximum atomic E-state index is 12.6. The van der Waals surface area contributed by atoms with Crippen LogP contribution >= 0.6 is 0 Å². The Labute approximate surface area is 201 Å². The molecule has 8 heteroatoms. The normalized spacial score (nSPS) is 17.6. The molecule has 2 aromatic rings. The molecular weight excluding hydrogens is 436 g/mol. The van der Waals surface area contributed by atoms with Gasteiger partial charge >= 0.3 is 0 Å². The zero-order valence-electron chi connectivity index (χ0n) is 20.6. The van der Waals surface area contributed by atoms with Crippen LogP contribution in [0.4, 0.5) is 0 Å². The summed E-state index contributed by atoms with van der Waals surface area (Å²) in [7, 11) is 4.66. The Kier molecular flexibility index (Phi) is 8.62. The average molecular weight is 471 g/mol. The van der Waals surface area contributed by atoms with Crippen molar-refractivity contribution in [3.63, 3.8) is 0 Å². The summed E-state index contributed by atoms with van der Waals surface area (Å²) in [6.07, 6.45) is 3.19. The van der Waals surface area contributed by atoms with Gasteiger partial charge in [-0.2, -0.15) is 0 Å². The van der Waals surface area contributed by atoms with E-state index >= 15 is 0 Å². The second-order valence-corrected chi connectivity index (χ2v) is 8.44. The lowest BCUT2D eigenvalue weighted by Crippen LogP contribution is -2.49. The summed E-state index contributed by atoms with van der Waals surface area (Å²) in [5, 5.41) is 2.88. The Balaban J connectivity index is 1.57. The molecule has 0 saturated carbocycles. The summed E-state index contributed by atoms with van der Waals surface area (Å²) in [5.74, 6) is 1.98. The van der Waals surface area contributed by atoms with Gasteiger partial charge in [0.2, 0.25) is 0 Å². The maximum Gasteiger partial charge on any atom is 0.260 e. The van der Waals surface area contributed by atoms with Crippen LogP contribution < -0.4 is 24.3 Å². The minimum absolute atomic E-state index is 0.00890. The van der Waals surface area contributed by atoms with Crippen LogP contribution in [0.3, 0.4) is 0 Å². The summed E-state index contributed by atoms with van der Waals surface area (Å²) in [5.41, 5.74) is 1.24. The van der Waals surface area contributed by atoms with E-state index in [1.807, 2.05) is 4.90 Å². The van der Waals surface area contributed by atoms with E-state index in [2.05, 4.69) is 19.2 Å². The molecule has 2 amide bonds. The van der Waals surface area contributed by atoms with Crippen molar-refractivity contribution < 1.29 is 28.5 Å². The first-order valence-electron chi connectivity index (χ1n) is 11.5. The molecule has 1 aliphatic rings. The molecule has 1 saturated heterocycles. The van der Waals surface area contributed by atoms with Crippen molar-refractivity contribution in [2.45, 2.75) is 51.7 Å². The van der Waals surface area contributed by atoms with E-state index < -0.39 is 0 Å². The Morgan fingerprint density at radius 1 is 0.912 bits per heavy atom. The van der Waals surface area contributed by atoms with E-state index in [1.54, 1.807) is 57.7 Å². The molecule has 1 N–H and O–H groups in total. The number of hydrogen-bond donors (Lipinski definition) is 1. The fraction of sp³-hybridized carbons (Fsp3) is 0.462. The number of amides is 2. The van der Waals surface area contributed by atoms with Crippen LogP contribution in [0.1, 0.15) is 49.0 Å². The molecule has 1 fully saturated rings. The Hall–Kier alpha value is -3.42. The number of piperidine rings is 1. The lowest BCUT2D eigenvalue weighted by atomic mass is 9.97. The average Bonchev–Trinajstić information content (AvgIpc) is 2.85. The molecule has 3 rings (SSSR count). The molecule has 8 nitrogen and oxygen atoms in total. The van der Waals surface area contributed by atoms with E-state index in [-0.39, 0.29) is 37.0 Å². The quantitative estimate of drug-likeness (QED) is 0.600. The molecule has 2 atom stereocenters. The molecule has 0 radical (unpaired) electrons. The van der Waals surface area contributed by atoms with Gasteiger partial charge in [-0.05, 0) is 63.4 Å². The number of ether oxygens (including phenoxy) is 4. The van der Waals surface area contributed by atoms with Gasteiger partial charge in [0.15, 0.2) is 18.1 Å². The van der Waals surface area contributed by atoms with Gasteiger partial charge in [0, 0.05) is 35.8 Å². The first-order chi connectivity index (χ1) is 16.4. The lowest BCUT2D eigenvalue weighted by molar-refractivity contribution is -0.139. The van der Waals surface area contributed by atoms with Crippen LogP contribution in [-0.2, 0) is 11.3 Å². The first kappa shape index (κ1) is 25.2. The van der Waals surface area contributed by atoms with Crippen LogP contribution in [0.25, 0.3) is 0 Å². The van der Waals surface area contributed by atoms with Crippen LogP contribution in [0.2, 0.25) is 0 Å². The van der Waals surface area contributed by atoms with E-state index in [1.165, 1.54) is 0 Å². The highest BCUT2D eigenvalue weighted by molar-refractivity contribution is 5.94. The van der Waals surface area contributed by atoms with E-state index in [0.29, 0.717) is 28.6 Å². The van der Waals surface area contributed by atoms with Crippen molar-refractivity contribution in [1.29, 1.82) is 0 Å². The van der Waals surface area contributed by atoms with Crippen LogP contribution in [0, 0.1) is 0 Å². The van der Waals surface area contributed by atoms with Gasteiger partial charge in [-0.15, -0.1) is 0 Å². The highest BCUT2D eigenvalue weighted by Gasteiger charge is 2.29. The number of likely N-dealkylation sites (tertiary alicyclic amines) is 1. The minimum atomic E-state index is -0.240. The standard InChI is InChI=1S/C26H34N2O6/c1-17-7-6-8-18(2)28(17)25(29)16-34-21-11-9-19(10-12-21)26(30)27-15-20-13-23(32-4)24(33-5)14-22(20)31-3/h9-14,17-18H,6-8,15-16H2,1-5H3,(H,27,30). The third-order valence-electron chi connectivity index (χ3n) is 6.19. The number of hydrogen-bond acceptors (Lipinski definition) is 6. The number of nitrogens with zero attached hydrogens (tertiary/aromatic N) is 1. The molecule has 2 unspecified atom stereocenters. The largest absolute Gasteiger partial charge is 0.496 e. The molecule has 0 aliphatic carbocycles. The lowest BCUT2D eigenvalue weighted by Gasteiger charge is -2.38. The summed E-state index contributed by atoms with van der Waals surface area (Å²) >= 11 is 0. The number of methoxy groups -OCH3 is 3. The van der Waals surface area contributed by atoms with E-state index in [0.717, 1.165) is 24.8 Å². The molecule has 1 aliphatic heterocycles. The summed E-state index contributed by atoms with van der Waals surface area (Å²) < 4.78 is 21.7. The highest BCUT2D eigenvalue weighted by Crippen LogP contribution is 2.34. The van der Waals surface area contributed by atoms with Crippen molar-refractivity contribution in [3.05, 3.63) is 47.5 Å². The van der Waals surface area contributed by atoms with Crippen molar-refractivity contribution >= 4 is 11.8 Å². The fourth-order valence-corrected chi connectivity index (χ4v) is 4.34. The summed E-state index contributed by atoms with van der Waals surface area (Å²) in [6, 6.07) is 10.7. The second kappa shape index (κ2) is 11.6. The third kappa shape index (κ3) is 5.92. The number of carbonyl (C=O) groups is 2. The van der Waals surface area contributed by atoms with Gasteiger partial charge in [-0.25, -0.2) is 0 Å². The molecular formula is C26H34N2O6. The van der Waals surface area contributed by atoms with Gasteiger partial charge in [-0.3, -0.25) is 9.59 Å². The maximum absolute atomic E-state index is 12.6. The molecule has 184 valence electrons. The number of nitrogens with one attached hydrogen (secondary N) is 1. The molecule has 0 aromatic heterocycles. The van der Waals surface area contributed by atoms with Crippen molar-refractivity contribution in [2.75, 3.05) is 27.9 Å². The molecule has 2 aromatic carbocycles. The van der Waals surface area contributed by atoms with Gasteiger partial charge in [0.1, 0.15) is 11.5 Å². The van der Waals surface area contributed by atoms with Gasteiger partial charge in [0.05, 0.1) is 21.3 Å². The fourth-order valence-electron chi connectivity index (χ4n) is 4.34. The van der Waals surface area contributed by atoms with E-state index in [4.69, 9.17) is 18.9 Å². The zero-order valence-corrected chi connectivity index (χ0v) is 20.6. The molecule has 0 spiro atoms. The summed E-state index contributed by atoms with van der Waals surface area (Å²) in [4.78, 5) is 27.2. The van der Waals surface area contributed by atoms with Gasteiger partial charge in [-0.1, -0.05) is 0 Å². The molecule has 0 bridgehead atoms. The summed E-state index contributed by atoms with van der Waals surface area (Å²) in [6.45, 7) is 4.40. The molecule has 1 heterocycles. The smallest absolute Gasteiger partial charge is 0.260 e. The SMILES string of the molecule is COc1cc(OC)c(OC)cc1CNC(=O)c1ccc(OCC(=O)N2C(C)CCCC2C)cc1. The van der Waals surface area contributed by atoms with Crippen molar-refractivity contribution in [2.24, 2.45) is 0 Å². The Morgan fingerprint density at radius 3 is 2.09 bits per heavy atom. The van der Waals surface area contributed by atoms with Crippen LogP contribution in [-0.4, -0.2) is 56.7 Å². The molecule has 34 heavy (non-hydrogen) atoms. The Bertz CT molecular complexity index is 982. The topological polar surface area (TPSA) is 86.3 Å². The van der Waals surface area contributed by atoms with Gasteiger partial charge < -0.3 is 29.2 Å². The monoisotopic (exact) mass is 470 g/mol. The van der Waals surface area contributed by atoms with E-state index in [9.17, 15) is 9.59 Å². The van der Waals surface area contributed by atoms with Crippen molar-refractivity contribution in [1.82, 2.24) is 10.2 Å². The highest BCUT2D eigenvalue weighted by atomic mass is 16.5. The number of carbonyl (C=O) groups excluding carboxylic acids is 2. The third-order valence-corrected chi connectivity index (χ3v) is 6.19. The Morgan fingerprint density at radius 2 is 1.50 bits per heavy atom. The van der Waals surface area contributed by atoms with Crippen molar-refractivity contribution in [3.8, 4) is 23.0 Å². The zero-order chi connectivity index (χ0) is 24.7. The van der Waals surface area contributed by atoms with Gasteiger partial charge in [0.25, 0.3) is 11.8 Å². The van der Waals surface area contributed by atoms with Crippen LogP contribution in [0.15, 0.2) is 36.4 Å². The predicted molar refractivity (Wildman–Crippen MR) is 129 cm³/mol. The number of rotatable bonds is 9. The number of benzene rings is 2. The second-order valence-electron chi connectivity index (χ2n) is 8.44. The minimum Gasteiger partial charge on any atom is -0.496 e.